The molecule has 0 aromatic carbocycles. The fourth-order valence-corrected chi connectivity index (χ4v) is 4.49. The number of ether oxygens (including phenoxy) is 2. The summed E-state index contributed by atoms with van der Waals surface area (Å²) in [5, 5.41) is 0. The van der Waals surface area contributed by atoms with Crippen molar-refractivity contribution in [3.05, 3.63) is 0 Å². The minimum atomic E-state index is -0.142. The van der Waals surface area contributed by atoms with Crippen LogP contribution in [0, 0.1) is 0 Å². The van der Waals surface area contributed by atoms with Gasteiger partial charge < -0.3 is 0 Å². The molecule has 0 amide bonds. The van der Waals surface area contributed by atoms with Crippen LogP contribution in [0.5, 0.6) is 0 Å². The Hall–Kier alpha value is -0.541. The molecule has 1 saturated heterocycles. The predicted octanol–water partition coefficient (Wildman–Crippen LogP) is 1.58. The van der Waals surface area contributed by atoms with Gasteiger partial charge in [0.05, 0.1) is 0 Å². The first-order chi connectivity index (χ1) is 7.69. The summed E-state index contributed by atoms with van der Waals surface area (Å²) in [6.45, 7) is 4.43. The molecule has 5 heteroatoms. The maximum absolute atomic E-state index is 11.6. The summed E-state index contributed by atoms with van der Waals surface area (Å²) in [7, 11) is 0. The average molecular weight is 293 g/mol. The van der Waals surface area contributed by atoms with Gasteiger partial charge in [0.2, 0.25) is 0 Å². The zero-order valence-electron chi connectivity index (χ0n) is 9.73. The number of rotatable bonds is 4. The summed E-state index contributed by atoms with van der Waals surface area (Å²) < 4.78 is 9.99. The Morgan fingerprint density at radius 3 is 1.88 bits per heavy atom. The second kappa shape index (κ2) is 6.92. The van der Waals surface area contributed by atoms with Crippen molar-refractivity contribution in [2.45, 2.75) is 42.7 Å². The van der Waals surface area contributed by atoms with Gasteiger partial charge in [-0.2, -0.15) is 0 Å². The molecule has 0 aromatic rings. The van der Waals surface area contributed by atoms with Gasteiger partial charge in [0.25, 0.3) is 0 Å². The summed E-state index contributed by atoms with van der Waals surface area (Å²) in [5.41, 5.74) is 0. The van der Waals surface area contributed by atoms with Crippen molar-refractivity contribution in [1.29, 1.82) is 0 Å². The Morgan fingerprint density at radius 2 is 1.50 bits per heavy atom. The maximum atomic E-state index is 11.6. The van der Waals surface area contributed by atoms with E-state index in [9.17, 15) is 9.59 Å². The van der Waals surface area contributed by atoms with Gasteiger partial charge in [-0.05, 0) is 0 Å². The Bertz CT molecular complexity index is 230. The molecular formula is C11H18O4Se. The van der Waals surface area contributed by atoms with Crippen LogP contribution < -0.4 is 0 Å². The van der Waals surface area contributed by atoms with Crippen LogP contribution in [0.15, 0.2) is 0 Å². The third kappa shape index (κ3) is 3.80. The van der Waals surface area contributed by atoms with E-state index < -0.39 is 0 Å². The van der Waals surface area contributed by atoms with Gasteiger partial charge >= 0.3 is 102 Å². The molecule has 0 radical (unpaired) electrons. The van der Waals surface area contributed by atoms with Crippen molar-refractivity contribution < 1.29 is 19.1 Å². The normalized spacial score (nSPS) is 24.9. The molecule has 0 aromatic heterocycles. The van der Waals surface area contributed by atoms with Crippen LogP contribution in [0.4, 0.5) is 0 Å². The second-order valence-corrected chi connectivity index (χ2v) is 6.51. The van der Waals surface area contributed by atoms with E-state index in [1.807, 2.05) is 0 Å². The Labute approximate surface area is 102 Å². The Balaban J connectivity index is 2.46. The molecule has 0 saturated carbocycles. The molecule has 2 unspecified atom stereocenters. The van der Waals surface area contributed by atoms with Gasteiger partial charge in [-0.1, -0.05) is 0 Å². The van der Waals surface area contributed by atoms with Gasteiger partial charge in [-0.15, -0.1) is 0 Å². The van der Waals surface area contributed by atoms with E-state index in [1.165, 1.54) is 0 Å². The minimum absolute atomic E-state index is 0.0171. The van der Waals surface area contributed by atoms with Crippen molar-refractivity contribution in [3.63, 3.8) is 0 Å². The van der Waals surface area contributed by atoms with E-state index in [4.69, 9.17) is 9.47 Å². The van der Waals surface area contributed by atoms with Crippen LogP contribution in [0.2, 0.25) is 9.63 Å². The summed E-state index contributed by atoms with van der Waals surface area (Å²) in [6.07, 6.45) is 2.62. The van der Waals surface area contributed by atoms with Crippen molar-refractivity contribution in [3.8, 4) is 0 Å². The van der Waals surface area contributed by atoms with Crippen LogP contribution in [-0.2, 0) is 19.1 Å². The van der Waals surface area contributed by atoms with E-state index in [0.717, 1.165) is 19.3 Å². The van der Waals surface area contributed by atoms with Crippen molar-refractivity contribution in [1.82, 2.24) is 0 Å². The molecule has 0 spiro atoms. The predicted molar refractivity (Wildman–Crippen MR) is 60.4 cm³/mol. The van der Waals surface area contributed by atoms with Crippen LogP contribution in [0.25, 0.3) is 0 Å². The topological polar surface area (TPSA) is 52.6 Å². The molecule has 1 rings (SSSR count). The summed E-state index contributed by atoms with van der Waals surface area (Å²) in [4.78, 5) is 23.0. The first-order valence-electron chi connectivity index (χ1n) is 5.67. The molecule has 0 N–H and O–H groups in total. The molecule has 2 atom stereocenters. The monoisotopic (exact) mass is 294 g/mol. The zero-order valence-corrected chi connectivity index (χ0v) is 11.4. The zero-order chi connectivity index (χ0) is 12.0. The molecular weight excluding hydrogens is 275 g/mol. The Morgan fingerprint density at radius 1 is 1.06 bits per heavy atom. The Kier molecular flexibility index (Phi) is 5.85. The quantitative estimate of drug-likeness (QED) is 0.583. The van der Waals surface area contributed by atoms with Crippen molar-refractivity contribution >= 4 is 26.9 Å². The van der Waals surface area contributed by atoms with Gasteiger partial charge in [-0.25, -0.2) is 0 Å². The third-order valence-electron chi connectivity index (χ3n) is 2.36. The number of hydrogen-bond acceptors (Lipinski definition) is 4. The van der Waals surface area contributed by atoms with Gasteiger partial charge in [0.1, 0.15) is 0 Å². The van der Waals surface area contributed by atoms with E-state index in [1.54, 1.807) is 13.8 Å². The molecule has 92 valence electrons. The van der Waals surface area contributed by atoms with Crippen LogP contribution in [-0.4, -0.2) is 40.1 Å². The SMILES string of the molecule is CCOC(=O)C1CCCC(C(=O)OCC)[Se]1. The van der Waals surface area contributed by atoms with Gasteiger partial charge in [0, 0.05) is 0 Å². The van der Waals surface area contributed by atoms with E-state index in [2.05, 4.69) is 0 Å². The van der Waals surface area contributed by atoms with Crippen molar-refractivity contribution in [2.24, 2.45) is 0 Å². The third-order valence-corrected chi connectivity index (χ3v) is 5.54. The van der Waals surface area contributed by atoms with Gasteiger partial charge in [0.15, 0.2) is 0 Å². The first-order valence-corrected chi connectivity index (χ1v) is 7.65. The van der Waals surface area contributed by atoms with Crippen LogP contribution in [0.1, 0.15) is 33.1 Å². The number of carbonyl (C=O) groups is 2. The number of esters is 2. The fourth-order valence-electron chi connectivity index (χ4n) is 1.64. The summed E-state index contributed by atoms with van der Waals surface area (Å²) in [6, 6.07) is 0. The second-order valence-electron chi connectivity index (χ2n) is 3.55. The van der Waals surface area contributed by atoms with E-state index in [0.29, 0.717) is 13.2 Å². The fraction of sp³-hybridized carbons (Fsp3) is 0.818. The summed E-state index contributed by atoms with van der Waals surface area (Å²) in [5.74, 6) is -0.284. The van der Waals surface area contributed by atoms with E-state index in [-0.39, 0.29) is 36.5 Å². The molecule has 1 heterocycles. The molecule has 0 aliphatic carbocycles. The van der Waals surface area contributed by atoms with Gasteiger partial charge in [-0.3, -0.25) is 0 Å². The van der Waals surface area contributed by atoms with Crippen LogP contribution >= 0.6 is 0 Å². The number of carbonyl (C=O) groups excluding carboxylic acids is 2. The average Bonchev–Trinajstić information content (AvgIpc) is 2.30. The molecule has 16 heavy (non-hydrogen) atoms. The van der Waals surface area contributed by atoms with Crippen LogP contribution in [0.3, 0.4) is 0 Å². The molecule has 1 aliphatic rings. The molecule has 1 fully saturated rings. The first kappa shape index (κ1) is 13.5. The van der Waals surface area contributed by atoms with E-state index >= 15 is 0 Å². The molecule has 0 bridgehead atoms. The number of hydrogen-bond donors (Lipinski definition) is 0. The molecule has 4 nitrogen and oxygen atoms in total. The standard InChI is InChI=1S/C11H18O4Se/c1-3-14-10(12)8-6-5-7-9(16-8)11(13)15-4-2/h8-9H,3-7H2,1-2H3. The molecule has 1 aliphatic heterocycles. The summed E-state index contributed by atoms with van der Waals surface area (Å²) >= 11 is -0.0171. The van der Waals surface area contributed by atoms with Crippen molar-refractivity contribution in [2.75, 3.05) is 13.2 Å².